The molecule has 2 rings (SSSR count). The molecule has 1 amide bonds. The lowest BCUT2D eigenvalue weighted by molar-refractivity contribution is -0.116. The first-order valence-corrected chi connectivity index (χ1v) is 6.94. The quantitative estimate of drug-likeness (QED) is 0.765. The number of aromatic nitrogens is 2. The Morgan fingerprint density at radius 2 is 2.29 bits per heavy atom. The minimum atomic E-state index is -0.374. The topological polar surface area (TPSA) is 59.0 Å². The van der Waals surface area contributed by atoms with E-state index in [9.17, 15) is 9.18 Å². The summed E-state index contributed by atoms with van der Waals surface area (Å²) in [6.45, 7) is 4.00. The van der Waals surface area contributed by atoms with Gasteiger partial charge in [0.2, 0.25) is 5.91 Å². The summed E-state index contributed by atoms with van der Waals surface area (Å²) in [7, 11) is 0. The largest absolute Gasteiger partial charge is 0.328 e. The van der Waals surface area contributed by atoms with Crippen molar-refractivity contribution in [1.29, 1.82) is 0 Å². The van der Waals surface area contributed by atoms with E-state index in [1.807, 2.05) is 6.20 Å². The highest BCUT2D eigenvalue weighted by Crippen LogP contribution is 2.09. The summed E-state index contributed by atoms with van der Waals surface area (Å²) >= 11 is 0. The normalized spacial score (nSPS) is 10.6. The second-order valence-corrected chi connectivity index (χ2v) is 4.70. The molecule has 0 unspecified atom stereocenters. The van der Waals surface area contributed by atoms with E-state index in [0.29, 0.717) is 5.69 Å². The number of rotatable bonds is 7. The first-order valence-electron chi connectivity index (χ1n) is 6.94. The molecule has 0 saturated carbocycles. The Morgan fingerprint density at radius 3 is 3.05 bits per heavy atom. The molecular formula is C15H19FN4O. The summed E-state index contributed by atoms with van der Waals surface area (Å²) in [6, 6.07) is 5.83. The Kier molecular flexibility index (Phi) is 5.45. The van der Waals surface area contributed by atoms with E-state index in [2.05, 4.69) is 22.5 Å². The molecular weight excluding hydrogens is 271 g/mol. The number of carbonyl (C=O) groups excluding carboxylic acids is 1. The number of halogens is 1. The van der Waals surface area contributed by atoms with E-state index < -0.39 is 0 Å². The molecule has 0 saturated heterocycles. The SMILES string of the molecule is CCNCCc1cn(CC(=O)Nc2cccc(F)c2)cn1. The van der Waals surface area contributed by atoms with E-state index in [4.69, 9.17) is 0 Å². The molecule has 21 heavy (non-hydrogen) atoms. The van der Waals surface area contributed by atoms with Crippen LogP contribution in [0, 0.1) is 5.82 Å². The van der Waals surface area contributed by atoms with Crippen LogP contribution in [0.3, 0.4) is 0 Å². The number of carbonyl (C=O) groups is 1. The minimum Gasteiger partial charge on any atom is -0.328 e. The zero-order valence-electron chi connectivity index (χ0n) is 12.0. The van der Waals surface area contributed by atoms with E-state index in [1.54, 1.807) is 23.0 Å². The summed E-state index contributed by atoms with van der Waals surface area (Å²) in [5, 5.41) is 5.87. The molecule has 0 aliphatic carbocycles. The molecule has 0 radical (unpaired) electrons. The fraction of sp³-hybridized carbons (Fsp3) is 0.333. The van der Waals surface area contributed by atoms with Gasteiger partial charge in [-0.3, -0.25) is 4.79 Å². The zero-order valence-corrected chi connectivity index (χ0v) is 12.0. The molecule has 0 spiro atoms. The highest BCUT2D eigenvalue weighted by Gasteiger charge is 2.05. The molecule has 0 aliphatic rings. The zero-order chi connectivity index (χ0) is 15.1. The standard InChI is InChI=1S/C15H19FN4O/c1-2-17-7-6-14-9-20(11-18-14)10-15(21)19-13-5-3-4-12(16)8-13/h3-5,8-9,11,17H,2,6-7,10H2,1H3,(H,19,21). The summed E-state index contributed by atoms with van der Waals surface area (Å²) in [5.74, 6) is -0.586. The molecule has 0 aliphatic heterocycles. The summed E-state index contributed by atoms with van der Waals surface area (Å²) in [5.41, 5.74) is 1.39. The van der Waals surface area contributed by atoms with Gasteiger partial charge in [0.25, 0.3) is 0 Å². The number of hydrogen-bond donors (Lipinski definition) is 2. The molecule has 2 aromatic rings. The van der Waals surface area contributed by atoms with Gasteiger partial charge in [-0.05, 0) is 24.7 Å². The van der Waals surface area contributed by atoms with Gasteiger partial charge in [-0.1, -0.05) is 13.0 Å². The van der Waals surface area contributed by atoms with Gasteiger partial charge >= 0.3 is 0 Å². The molecule has 5 nitrogen and oxygen atoms in total. The maximum atomic E-state index is 13.0. The summed E-state index contributed by atoms with van der Waals surface area (Å²) in [6.07, 6.45) is 4.31. The number of imidazole rings is 1. The first-order chi connectivity index (χ1) is 10.2. The predicted molar refractivity (Wildman–Crippen MR) is 79.5 cm³/mol. The molecule has 1 heterocycles. The maximum Gasteiger partial charge on any atom is 0.244 e. The Bertz CT molecular complexity index is 597. The Labute approximate surface area is 123 Å². The van der Waals surface area contributed by atoms with Crippen molar-refractivity contribution in [2.45, 2.75) is 19.9 Å². The van der Waals surface area contributed by atoms with Gasteiger partial charge in [-0.15, -0.1) is 0 Å². The molecule has 112 valence electrons. The minimum absolute atomic E-state index is 0.157. The van der Waals surface area contributed by atoms with Crippen LogP contribution in [-0.4, -0.2) is 28.5 Å². The molecule has 2 N–H and O–H groups in total. The van der Waals surface area contributed by atoms with Crippen molar-refractivity contribution in [3.63, 3.8) is 0 Å². The maximum absolute atomic E-state index is 13.0. The number of anilines is 1. The lowest BCUT2D eigenvalue weighted by Gasteiger charge is -2.05. The van der Waals surface area contributed by atoms with Crippen molar-refractivity contribution in [3.8, 4) is 0 Å². The molecule has 0 fully saturated rings. The van der Waals surface area contributed by atoms with Crippen LogP contribution in [0.2, 0.25) is 0 Å². The third-order valence-electron chi connectivity index (χ3n) is 2.93. The number of amides is 1. The van der Waals surface area contributed by atoms with E-state index in [1.165, 1.54) is 12.1 Å². The van der Waals surface area contributed by atoms with E-state index >= 15 is 0 Å². The van der Waals surface area contributed by atoms with Crippen molar-refractivity contribution in [1.82, 2.24) is 14.9 Å². The van der Waals surface area contributed by atoms with Crippen LogP contribution in [0.1, 0.15) is 12.6 Å². The number of nitrogens with one attached hydrogen (secondary N) is 2. The van der Waals surface area contributed by atoms with Crippen molar-refractivity contribution in [2.24, 2.45) is 0 Å². The van der Waals surface area contributed by atoms with Gasteiger partial charge in [0.05, 0.1) is 12.0 Å². The second-order valence-electron chi connectivity index (χ2n) is 4.70. The number of hydrogen-bond acceptors (Lipinski definition) is 3. The van der Waals surface area contributed by atoms with Crippen molar-refractivity contribution >= 4 is 11.6 Å². The van der Waals surface area contributed by atoms with Gasteiger partial charge in [-0.25, -0.2) is 9.37 Å². The monoisotopic (exact) mass is 290 g/mol. The van der Waals surface area contributed by atoms with Gasteiger partial charge in [0.15, 0.2) is 0 Å². The fourth-order valence-corrected chi connectivity index (χ4v) is 1.95. The summed E-state index contributed by atoms with van der Waals surface area (Å²) < 4.78 is 14.7. The fourth-order valence-electron chi connectivity index (χ4n) is 1.95. The third-order valence-corrected chi connectivity index (χ3v) is 2.93. The van der Waals surface area contributed by atoms with Crippen LogP contribution in [-0.2, 0) is 17.8 Å². The Morgan fingerprint density at radius 1 is 1.43 bits per heavy atom. The highest BCUT2D eigenvalue weighted by molar-refractivity contribution is 5.90. The lowest BCUT2D eigenvalue weighted by Crippen LogP contribution is -2.18. The van der Waals surface area contributed by atoms with Gasteiger partial charge in [-0.2, -0.15) is 0 Å². The van der Waals surface area contributed by atoms with Gasteiger partial charge < -0.3 is 15.2 Å². The molecule has 0 atom stereocenters. The Balaban J connectivity index is 1.85. The molecule has 1 aromatic heterocycles. The third kappa shape index (κ3) is 5.00. The van der Waals surface area contributed by atoms with Crippen molar-refractivity contribution in [2.75, 3.05) is 18.4 Å². The Hall–Kier alpha value is -2.21. The molecule has 0 bridgehead atoms. The molecule has 6 heteroatoms. The van der Waals surface area contributed by atoms with E-state index in [-0.39, 0.29) is 18.3 Å². The van der Waals surface area contributed by atoms with Crippen LogP contribution >= 0.6 is 0 Å². The van der Waals surface area contributed by atoms with E-state index in [0.717, 1.165) is 25.2 Å². The first kappa shape index (κ1) is 15.2. The van der Waals surface area contributed by atoms with Crippen LogP contribution in [0.15, 0.2) is 36.8 Å². The summed E-state index contributed by atoms with van der Waals surface area (Å²) in [4.78, 5) is 16.1. The van der Waals surface area contributed by atoms with Crippen molar-refractivity contribution < 1.29 is 9.18 Å². The van der Waals surface area contributed by atoms with Gasteiger partial charge in [0.1, 0.15) is 12.4 Å². The second kappa shape index (κ2) is 7.54. The lowest BCUT2D eigenvalue weighted by atomic mass is 10.3. The van der Waals surface area contributed by atoms with Crippen LogP contribution in [0.25, 0.3) is 0 Å². The highest BCUT2D eigenvalue weighted by atomic mass is 19.1. The smallest absolute Gasteiger partial charge is 0.244 e. The van der Waals surface area contributed by atoms with Crippen LogP contribution in [0.4, 0.5) is 10.1 Å². The van der Waals surface area contributed by atoms with Crippen molar-refractivity contribution in [3.05, 3.63) is 48.3 Å². The number of likely N-dealkylation sites (N-methyl/N-ethyl adjacent to an activating group) is 1. The predicted octanol–water partition coefficient (Wildman–Crippen LogP) is 1.81. The molecule has 1 aromatic carbocycles. The van der Waals surface area contributed by atoms with Crippen LogP contribution < -0.4 is 10.6 Å². The number of benzene rings is 1. The van der Waals surface area contributed by atoms with Crippen LogP contribution in [0.5, 0.6) is 0 Å². The average molecular weight is 290 g/mol. The van der Waals surface area contributed by atoms with Gasteiger partial charge in [0, 0.05) is 24.8 Å². The average Bonchev–Trinajstić information content (AvgIpc) is 2.86. The number of nitrogens with zero attached hydrogens (tertiary/aromatic N) is 2.